The molecule has 0 bridgehead atoms. The number of hydrogen-bond acceptors (Lipinski definition) is 9. The van der Waals surface area contributed by atoms with Crippen LogP contribution in [-0.2, 0) is 4.74 Å². The smallest absolute Gasteiger partial charge is 0.245 e. The van der Waals surface area contributed by atoms with Crippen molar-refractivity contribution < 1.29 is 14.2 Å². The van der Waals surface area contributed by atoms with Crippen LogP contribution in [0.4, 0.5) is 27.5 Å². The Morgan fingerprint density at radius 2 is 1.92 bits per heavy atom. The van der Waals surface area contributed by atoms with Crippen LogP contribution in [0, 0.1) is 5.82 Å². The molecule has 0 amide bonds. The van der Waals surface area contributed by atoms with Gasteiger partial charge in [0.25, 0.3) is 0 Å². The van der Waals surface area contributed by atoms with E-state index in [1.54, 1.807) is 24.5 Å². The Balaban J connectivity index is 1.18. The normalized spacial score (nSPS) is 15.5. The molecule has 1 aliphatic rings. The highest BCUT2D eigenvalue weighted by atomic mass is 19.1. The molecule has 1 fully saturated rings. The van der Waals surface area contributed by atoms with Gasteiger partial charge >= 0.3 is 0 Å². The third-order valence-corrected chi connectivity index (χ3v) is 6.12. The van der Waals surface area contributed by atoms with Gasteiger partial charge in [-0.25, -0.2) is 14.8 Å². The highest BCUT2D eigenvalue weighted by Gasteiger charge is 2.23. The first-order valence-electron chi connectivity index (χ1n) is 12.4. The van der Waals surface area contributed by atoms with Crippen LogP contribution in [-0.4, -0.2) is 52.1 Å². The number of phenols is 1. The third kappa shape index (κ3) is 6.22. The maximum Gasteiger partial charge on any atom is 0.245 e. The van der Waals surface area contributed by atoms with Crippen LogP contribution in [0.25, 0.3) is 11.1 Å². The molecule has 2 aromatic heterocycles. The molecule has 1 saturated heterocycles. The summed E-state index contributed by atoms with van der Waals surface area (Å²) in [6.45, 7) is 3.72. The summed E-state index contributed by atoms with van der Waals surface area (Å²) in [5, 5.41) is 17.1. The fourth-order valence-electron chi connectivity index (χ4n) is 4.10. The zero-order valence-corrected chi connectivity index (χ0v) is 20.9. The third-order valence-electron chi connectivity index (χ3n) is 6.12. The molecule has 1 aliphatic heterocycles. The predicted octanol–water partition coefficient (Wildman–Crippen LogP) is 5.19. The number of nitrogens with zero attached hydrogens (tertiary/aromatic N) is 5. The van der Waals surface area contributed by atoms with Crippen molar-refractivity contribution in [2.45, 2.75) is 19.4 Å². The van der Waals surface area contributed by atoms with E-state index in [1.807, 2.05) is 60.4 Å². The van der Waals surface area contributed by atoms with Crippen LogP contribution >= 0.6 is 0 Å². The van der Waals surface area contributed by atoms with Crippen LogP contribution < -0.4 is 15.6 Å². The van der Waals surface area contributed by atoms with Gasteiger partial charge in [-0.3, -0.25) is 4.98 Å². The number of halogens is 1. The summed E-state index contributed by atoms with van der Waals surface area (Å²) in [5.41, 5.74) is 7.07. The second kappa shape index (κ2) is 11.7. The molecular formula is C28H28FN7O2. The first-order valence-corrected chi connectivity index (χ1v) is 12.4. The minimum Gasteiger partial charge on any atom is -0.508 e. The standard InChI is InChI=1S/C28H28FN7O2/c1-2-25-18-36(12-13-38-25)27-26(29)17-31-28(34-27)35-32-16-22-10-11-23(15-30-22)33-21-8-6-19(7-9-21)20-4-3-5-24(37)14-20/h3-11,14-17,25,33,37H,2,12-13,18H2,1H3,(H,31,34,35)/b32-16+. The zero-order chi connectivity index (χ0) is 26.3. The number of benzene rings is 2. The number of hydrazone groups is 1. The lowest BCUT2D eigenvalue weighted by atomic mass is 10.1. The first-order chi connectivity index (χ1) is 18.6. The van der Waals surface area contributed by atoms with E-state index in [0.717, 1.165) is 35.1 Å². The number of morpholine rings is 1. The molecule has 3 heterocycles. The summed E-state index contributed by atoms with van der Waals surface area (Å²) in [5.74, 6) is 0.199. The molecular weight excluding hydrogens is 485 g/mol. The topological polar surface area (TPSA) is 108 Å². The number of anilines is 4. The molecule has 3 N–H and O–H groups in total. The number of nitrogens with one attached hydrogen (secondary N) is 2. The molecule has 0 saturated carbocycles. The van der Waals surface area contributed by atoms with Crippen LogP contribution in [0.3, 0.4) is 0 Å². The van der Waals surface area contributed by atoms with Crippen LogP contribution in [0.2, 0.25) is 0 Å². The first kappa shape index (κ1) is 25.1. The average molecular weight is 514 g/mol. The molecule has 0 radical (unpaired) electrons. The van der Waals surface area contributed by atoms with E-state index in [2.05, 4.69) is 30.8 Å². The zero-order valence-electron chi connectivity index (χ0n) is 20.9. The van der Waals surface area contributed by atoms with E-state index >= 15 is 0 Å². The minimum atomic E-state index is -0.477. The lowest BCUT2D eigenvalue weighted by Gasteiger charge is -2.33. The van der Waals surface area contributed by atoms with E-state index in [4.69, 9.17) is 4.74 Å². The van der Waals surface area contributed by atoms with Crippen molar-refractivity contribution in [1.29, 1.82) is 0 Å². The average Bonchev–Trinajstić information content (AvgIpc) is 2.95. The van der Waals surface area contributed by atoms with Gasteiger partial charge in [0.15, 0.2) is 11.6 Å². The van der Waals surface area contributed by atoms with Gasteiger partial charge < -0.3 is 20.1 Å². The molecule has 4 aromatic rings. The summed E-state index contributed by atoms with van der Waals surface area (Å²) in [6, 6.07) is 18.8. The molecule has 10 heteroatoms. The quantitative estimate of drug-likeness (QED) is 0.218. The number of phenolic OH excluding ortho intramolecular Hbond substituents is 1. The Hall–Kier alpha value is -4.57. The van der Waals surface area contributed by atoms with Gasteiger partial charge in [0.05, 0.1) is 42.7 Å². The molecule has 38 heavy (non-hydrogen) atoms. The van der Waals surface area contributed by atoms with Crippen molar-refractivity contribution in [3.8, 4) is 16.9 Å². The van der Waals surface area contributed by atoms with Crippen molar-refractivity contribution in [2.24, 2.45) is 5.10 Å². The van der Waals surface area contributed by atoms with Crippen LogP contribution in [0.5, 0.6) is 5.75 Å². The number of hydrogen-bond donors (Lipinski definition) is 3. The van der Waals surface area contributed by atoms with Gasteiger partial charge in [0, 0.05) is 18.8 Å². The van der Waals surface area contributed by atoms with Gasteiger partial charge in [-0.15, -0.1) is 0 Å². The van der Waals surface area contributed by atoms with E-state index < -0.39 is 5.82 Å². The van der Waals surface area contributed by atoms with E-state index in [1.165, 1.54) is 0 Å². The van der Waals surface area contributed by atoms with Crippen molar-refractivity contribution in [1.82, 2.24) is 15.0 Å². The van der Waals surface area contributed by atoms with E-state index in [-0.39, 0.29) is 23.6 Å². The SMILES string of the molecule is CCC1CN(c2nc(N/N=C/c3ccc(Nc4ccc(-c5cccc(O)c5)cc4)cn3)ncc2F)CCO1. The van der Waals surface area contributed by atoms with Crippen LogP contribution in [0.15, 0.2) is 78.2 Å². The summed E-state index contributed by atoms with van der Waals surface area (Å²) in [4.78, 5) is 14.6. The number of ether oxygens (including phenoxy) is 1. The number of aromatic nitrogens is 3. The lowest BCUT2D eigenvalue weighted by Crippen LogP contribution is -2.43. The molecule has 1 unspecified atom stereocenters. The molecule has 0 aliphatic carbocycles. The predicted molar refractivity (Wildman–Crippen MR) is 147 cm³/mol. The monoisotopic (exact) mass is 513 g/mol. The molecule has 5 rings (SSSR count). The minimum absolute atomic E-state index is 0.0557. The Bertz CT molecular complexity index is 1400. The summed E-state index contributed by atoms with van der Waals surface area (Å²) >= 11 is 0. The van der Waals surface area contributed by atoms with Gasteiger partial charge in [-0.1, -0.05) is 31.2 Å². The second-order valence-electron chi connectivity index (χ2n) is 8.81. The van der Waals surface area contributed by atoms with Crippen molar-refractivity contribution in [3.05, 3.63) is 84.6 Å². The molecule has 194 valence electrons. The second-order valence-corrected chi connectivity index (χ2v) is 8.81. The van der Waals surface area contributed by atoms with E-state index in [9.17, 15) is 9.50 Å². The highest BCUT2D eigenvalue weighted by molar-refractivity contribution is 5.78. The summed E-state index contributed by atoms with van der Waals surface area (Å²) in [7, 11) is 0. The maximum absolute atomic E-state index is 14.4. The van der Waals surface area contributed by atoms with Crippen molar-refractivity contribution in [2.75, 3.05) is 35.3 Å². The van der Waals surface area contributed by atoms with Crippen molar-refractivity contribution in [3.63, 3.8) is 0 Å². The molecule has 9 nitrogen and oxygen atoms in total. The van der Waals surface area contributed by atoms with Gasteiger partial charge in [-0.05, 0) is 53.9 Å². The fraction of sp³-hybridized carbons (Fsp3) is 0.214. The number of pyridine rings is 1. The Kier molecular flexibility index (Phi) is 7.70. The van der Waals surface area contributed by atoms with Gasteiger partial charge in [0.1, 0.15) is 5.75 Å². The number of aromatic hydroxyl groups is 1. The summed E-state index contributed by atoms with van der Waals surface area (Å²) < 4.78 is 20.0. The van der Waals surface area contributed by atoms with Gasteiger partial charge in [0.2, 0.25) is 5.95 Å². The largest absolute Gasteiger partial charge is 0.508 e. The Labute approximate surface area is 220 Å². The fourth-order valence-corrected chi connectivity index (χ4v) is 4.10. The van der Waals surface area contributed by atoms with Crippen LogP contribution in [0.1, 0.15) is 19.0 Å². The molecule has 0 spiro atoms. The Morgan fingerprint density at radius 3 is 2.68 bits per heavy atom. The van der Waals surface area contributed by atoms with E-state index in [0.29, 0.717) is 25.4 Å². The summed E-state index contributed by atoms with van der Waals surface area (Å²) in [6.07, 6.45) is 5.31. The van der Waals surface area contributed by atoms with Gasteiger partial charge in [-0.2, -0.15) is 10.1 Å². The van der Waals surface area contributed by atoms with Crippen molar-refractivity contribution >= 4 is 29.4 Å². The number of rotatable bonds is 8. The molecule has 2 aromatic carbocycles. The highest BCUT2D eigenvalue weighted by Crippen LogP contribution is 2.26. The lowest BCUT2D eigenvalue weighted by molar-refractivity contribution is 0.0379. The molecule has 1 atom stereocenters. The maximum atomic E-state index is 14.4. The Morgan fingerprint density at radius 1 is 1.08 bits per heavy atom.